The summed E-state index contributed by atoms with van der Waals surface area (Å²) in [5.41, 5.74) is 3.63. The summed E-state index contributed by atoms with van der Waals surface area (Å²) in [5, 5.41) is 4.72. The van der Waals surface area contributed by atoms with Gasteiger partial charge in [0.2, 0.25) is 0 Å². The quantitative estimate of drug-likeness (QED) is 0.782. The molecule has 0 atom stereocenters. The lowest BCUT2D eigenvalue weighted by Crippen LogP contribution is -2.00. The summed E-state index contributed by atoms with van der Waals surface area (Å²) in [4.78, 5) is 0. The SMILES string of the molecule is CCCCCn1cc2c(n1)Cc1ccccc1OC2. The second-order valence-electron chi connectivity index (χ2n) is 5.14. The van der Waals surface area contributed by atoms with Crippen molar-refractivity contribution >= 4 is 0 Å². The first-order valence-electron chi connectivity index (χ1n) is 7.12. The number of fused-ring (bicyclic) bond motifs is 2. The zero-order chi connectivity index (χ0) is 13.1. The van der Waals surface area contributed by atoms with Crippen LogP contribution in [0.3, 0.4) is 0 Å². The molecule has 0 saturated carbocycles. The molecule has 2 aromatic rings. The van der Waals surface area contributed by atoms with Crippen LogP contribution in [-0.2, 0) is 19.6 Å². The lowest BCUT2D eigenvalue weighted by atomic mass is 10.1. The van der Waals surface area contributed by atoms with E-state index in [9.17, 15) is 0 Å². The highest BCUT2D eigenvalue weighted by atomic mass is 16.5. The molecule has 0 saturated heterocycles. The molecule has 19 heavy (non-hydrogen) atoms. The Bertz CT molecular complexity index is 560. The fraction of sp³-hybridized carbons (Fsp3) is 0.438. The Morgan fingerprint density at radius 3 is 3.00 bits per heavy atom. The first-order valence-corrected chi connectivity index (χ1v) is 7.12. The van der Waals surface area contributed by atoms with Crippen molar-refractivity contribution in [1.29, 1.82) is 0 Å². The minimum Gasteiger partial charge on any atom is -0.488 e. The van der Waals surface area contributed by atoms with Crippen molar-refractivity contribution in [3.05, 3.63) is 47.3 Å². The Morgan fingerprint density at radius 1 is 1.21 bits per heavy atom. The Labute approximate surface area is 114 Å². The molecule has 0 spiro atoms. The summed E-state index contributed by atoms with van der Waals surface area (Å²) in [6, 6.07) is 8.25. The molecule has 0 bridgehead atoms. The molecule has 3 nitrogen and oxygen atoms in total. The van der Waals surface area contributed by atoms with E-state index in [4.69, 9.17) is 9.84 Å². The molecule has 0 N–H and O–H groups in total. The number of para-hydroxylation sites is 1. The standard InChI is InChI=1S/C16H20N2O/c1-2-3-6-9-18-11-14-12-19-16-8-5-4-7-13(16)10-15(14)17-18/h4-5,7-8,11H,2-3,6,9-10,12H2,1H3. The smallest absolute Gasteiger partial charge is 0.123 e. The molecule has 0 unspecified atom stereocenters. The van der Waals surface area contributed by atoms with Crippen LogP contribution in [0.4, 0.5) is 0 Å². The topological polar surface area (TPSA) is 27.1 Å². The van der Waals surface area contributed by atoms with Gasteiger partial charge in [-0.3, -0.25) is 4.68 Å². The average Bonchev–Trinajstić information content (AvgIpc) is 2.72. The van der Waals surface area contributed by atoms with Crippen LogP contribution in [-0.4, -0.2) is 9.78 Å². The van der Waals surface area contributed by atoms with E-state index in [1.54, 1.807) is 0 Å². The second-order valence-corrected chi connectivity index (χ2v) is 5.14. The van der Waals surface area contributed by atoms with Crippen molar-refractivity contribution in [3.63, 3.8) is 0 Å². The molecule has 3 rings (SSSR count). The van der Waals surface area contributed by atoms with Crippen LogP contribution in [0.25, 0.3) is 0 Å². The summed E-state index contributed by atoms with van der Waals surface area (Å²) in [6.45, 7) is 3.88. The van der Waals surface area contributed by atoms with Gasteiger partial charge in [0.15, 0.2) is 0 Å². The van der Waals surface area contributed by atoms with E-state index in [0.29, 0.717) is 6.61 Å². The Morgan fingerprint density at radius 2 is 2.11 bits per heavy atom. The molecule has 1 aromatic heterocycles. The number of aryl methyl sites for hydroxylation is 1. The van der Waals surface area contributed by atoms with Gasteiger partial charge in [-0.05, 0) is 12.5 Å². The summed E-state index contributed by atoms with van der Waals surface area (Å²) in [7, 11) is 0. The van der Waals surface area contributed by atoms with Crippen LogP contribution in [0.2, 0.25) is 0 Å². The Balaban J connectivity index is 1.78. The van der Waals surface area contributed by atoms with Crippen molar-refractivity contribution in [3.8, 4) is 5.75 Å². The molecular formula is C16H20N2O. The van der Waals surface area contributed by atoms with E-state index < -0.39 is 0 Å². The van der Waals surface area contributed by atoms with Crippen LogP contribution >= 0.6 is 0 Å². The van der Waals surface area contributed by atoms with Gasteiger partial charge in [0, 0.05) is 30.3 Å². The van der Waals surface area contributed by atoms with E-state index in [-0.39, 0.29) is 0 Å². The number of unbranched alkanes of at least 4 members (excludes halogenated alkanes) is 2. The normalized spacial score (nSPS) is 13.3. The fourth-order valence-corrected chi connectivity index (χ4v) is 2.54. The number of aromatic nitrogens is 2. The molecule has 100 valence electrons. The lowest BCUT2D eigenvalue weighted by molar-refractivity contribution is 0.306. The zero-order valence-corrected chi connectivity index (χ0v) is 11.4. The summed E-state index contributed by atoms with van der Waals surface area (Å²) in [5.74, 6) is 0.998. The number of benzene rings is 1. The predicted molar refractivity (Wildman–Crippen MR) is 75.3 cm³/mol. The van der Waals surface area contributed by atoms with E-state index >= 15 is 0 Å². The lowest BCUT2D eigenvalue weighted by Gasteiger charge is -2.06. The molecule has 0 radical (unpaired) electrons. The highest BCUT2D eigenvalue weighted by molar-refractivity contribution is 5.39. The van der Waals surface area contributed by atoms with Gasteiger partial charge in [0.1, 0.15) is 12.4 Å². The van der Waals surface area contributed by atoms with Crippen LogP contribution in [0.15, 0.2) is 30.5 Å². The van der Waals surface area contributed by atoms with Crippen molar-refractivity contribution < 1.29 is 4.74 Å². The number of hydrogen-bond acceptors (Lipinski definition) is 2. The Kier molecular flexibility index (Phi) is 3.53. The van der Waals surface area contributed by atoms with Crippen molar-refractivity contribution in [2.24, 2.45) is 0 Å². The number of hydrogen-bond donors (Lipinski definition) is 0. The van der Waals surface area contributed by atoms with Crippen molar-refractivity contribution in [1.82, 2.24) is 9.78 Å². The molecule has 1 aliphatic heterocycles. The van der Waals surface area contributed by atoms with E-state index in [0.717, 1.165) is 18.7 Å². The maximum Gasteiger partial charge on any atom is 0.123 e. The molecule has 0 aliphatic carbocycles. The predicted octanol–water partition coefficient (Wildman–Crippen LogP) is 3.56. The molecule has 2 heterocycles. The van der Waals surface area contributed by atoms with Gasteiger partial charge in [0.05, 0.1) is 5.69 Å². The van der Waals surface area contributed by atoms with Gasteiger partial charge < -0.3 is 4.74 Å². The summed E-state index contributed by atoms with van der Waals surface area (Å²) >= 11 is 0. The van der Waals surface area contributed by atoms with Gasteiger partial charge in [0.25, 0.3) is 0 Å². The van der Waals surface area contributed by atoms with E-state index in [2.05, 4.69) is 29.9 Å². The first-order chi connectivity index (χ1) is 9.36. The molecule has 3 heteroatoms. The maximum absolute atomic E-state index is 5.86. The van der Waals surface area contributed by atoms with E-state index in [1.807, 2.05) is 12.1 Å². The summed E-state index contributed by atoms with van der Waals surface area (Å²) in [6.07, 6.45) is 6.75. The molecule has 1 aromatic carbocycles. The van der Waals surface area contributed by atoms with Crippen LogP contribution < -0.4 is 4.74 Å². The van der Waals surface area contributed by atoms with Gasteiger partial charge in [-0.25, -0.2) is 0 Å². The van der Waals surface area contributed by atoms with Crippen LogP contribution in [0, 0.1) is 0 Å². The molecular weight excluding hydrogens is 236 g/mol. The molecule has 1 aliphatic rings. The summed E-state index contributed by atoms with van der Waals surface area (Å²) < 4.78 is 7.94. The molecule has 0 amide bonds. The first kappa shape index (κ1) is 12.3. The average molecular weight is 256 g/mol. The van der Waals surface area contributed by atoms with E-state index in [1.165, 1.54) is 36.1 Å². The number of ether oxygens (including phenoxy) is 1. The number of rotatable bonds is 4. The van der Waals surface area contributed by atoms with Crippen LogP contribution in [0.5, 0.6) is 5.75 Å². The minimum absolute atomic E-state index is 0.639. The fourth-order valence-electron chi connectivity index (χ4n) is 2.54. The van der Waals surface area contributed by atoms with Gasteiger partial charge in [-0.1, -0.05) is 38.0 Å². The third-order valence-electron chi connectivity index (χ3n) is 3.63. The Hall–Kier alpha value is -1.77. The zero-order valence-electron chi connectivity index (χ0n) is 11.4. The van der Waals surface area contributed by atoms with Crippen molar-refractivity contribution in [2.75, 3.05) is 0 Å². The molecule has 0 fully saturated rings. The van der Waals surface area contributed by atoms with Crippen molar-refractivity contribution in [2.45, 2.75) is 45.8 Å². The van der Waals surface area contributed by atoms with Gasteiger partial charge in [-0.2, -0.15) is 5.10 Å². The third kappa shape index (κ3) is 2.65. The van der Waals surface area contributed by atoms with Gasteiger partial charge >= 0.3 is 0 Å². The number of nitrogens with zero attached hydrogens (tertiary/aromatic N) is 2. The van der Waals surface area contributed by atoms with Gasteiger partial charge in [-0.15, -0.1) is 0 Å². The highest BCUT2D eigenvalue weighted by Crippen LogP contribution is 2.27. The third-order valence-corrected chi connectivity index (χ3v) is 3.63. The minimum atomic E-state index is 0.639. The van der Waals surface area contributed by atoms with Crippen LogP contribution in [0.1, 0.15) is 43.0 Å². The second kappa shape index (κ2) is 5.47. The monoisotopic (exact) mass is 256 g/mol. The maximum atomic E-state index is 5.86. The highest BCUT2D eigenvalue weighted by Gasteiger charge is 2.16. The largest absolute Gasteiger partial charge is 0.488 e.